The number of nitrogens with one attached hydrogen (secondary N) is 1. The summed E-state index contributed by atoms with van der Waals surface area (Å²) in [7, 11) is 0. The molecule has 120 valence electrons. The third-order valence-corrected chi connectivity index (χ3v) is 3.81. The van der Waals surface area contributed by atoms with Crippen LogP contribution in [0.3, 0.4) is 0 Å². The average molecular weight is 295 g/mol. The summed E-state index contributed by atoms with van der Waals surface area (Å²) < 4.78 is 17.3. The molecule has 0 spiro atoms. The van der Waals surface area contributed by atoms with Crippen LogP contribution in [-0.2, 0) is 22.6 Å². The quantitative estimate of drug-likeness (QED) is 0.836. The SMILES string of the molecule is CC(C)CNCc1ccoc1COC1CC(C)OC(C)C1. The average Bonchev–Trinajstić information content (AvgIpc) is 2.82. The lowest BCUT2D eigenvalue weighted by molar-refractivity contribution is -0.108. The van der Waals surface area contributed by atoms with Gasteiger partial charge < -0.3 is 19.2 Å². The fourth-order valence-electron chi connectivity index (χ4n) is 2.82. The molecule has 0 aliphatic carbocycles. The van der Waals surface area contributed by atoms with Crippen molar-refractivity contribution in [1.82, 2.24) is 5.32 Å². The summed E-state index contributed by atoms with van der Waals surface area (Å²) in [6.07, 6.45) is 4.51. The van der Waals surface area contributed by atoms with Gasteiger partial charge in [0, 0.05) is 12.1 Å². The van der Waals surface area contributed by atoms with Crippen LogP contribution >= 0.6 is 0 Å². The van der Waals surface area contributed by atoms with Crippen molar-refractivity contribution in [3.8, 4) is 0 Å². The zero-order valence-electron chi connectivity index (χ0n) is 13.7. The molecule has 4 nitrogen and oxygen atoms in total. The summed E-state index contributed by atoms with van der Waals surface area (Å²) in [5, 5.41) is 3.44. The molecule has 2 unspecified atom stereocenters. The first-order chi connectivity index (χ1) is 10.0. The summed E-state index contributed by atoms with van der Waals surface area (Å²) in [5.74, 6) is 1.60. The maximum Gasteiger partial charge on any atom is 0.133 e. The minimum absolute atomic E-state index is 0.269. The minimum Gasteiger partial charge on any atom is -0.467 e. The Hall–Kier alpha value is -0.840. The zero-order chi connectivity index (χ0) is 15.2. The van der Waals surface area contributed by atoms with Crippen molar-refractivity contribution in [3.05, 3.63) is 23.7 Å². The molecule has 1 aromatic rings. The van der Waals surface area contributed by atoms with E-state index in [9.17, 15) is 0 Å². The Balaban J connectivity index is 1.79. The maximum absolute atomic E-state index is 6.03. The van der Waals surface area contributed by atoms with E-state index in [1.165, 1.54) is 5.56 Å². The van der Waals surface area contributed by atoms with Gasteiger partial charge in [-0.05, 0) is 45.2 Å². The highest BCUT2D eigenvalue weighted by Gasteiger charge is 2.25. The Morgan fingerprint density at radius 3 is 2.67 bits per heavy atom. The first kappa shape index (κ1) is 16.5. The van der Waals surface area contributed by atoms with E-state index < -0.39 is 0 Å². The lowest BCUT2D eigenvalue weighted by Gasteiger charge is -2.31. The van der Waals surface area contributed by atoms with Crippen molar-refractivity contribution in [2.45, 2.75) is 72.0 Å². The van der Waals surface area contributed by atoms with E-state index in [4.69, 9.17) is 13.9 Å². The van der Waals surface area contributed by atoms with Crippen LogP contribution in [0.4, 0.5) is 0 Å². The lowest BCUT2D eigenvalue weighted by atomic mass is 10.0. The molecule has 1 N–H and O–H groups in total. The highest BCUT2D eigenvalue weighted by Crippen LogP contribution is 2.23. The maximum atomic E-state index is 6.03. The second-order valence-corrected chi connectivity index (χ2v) is 6.56. The molecular formula is C17H29NO3. The Labute approximate surface area is 128 Å². The molecule has 2 rings (SSSR count). The minimum atomic E-state index is 0.269. The van der Waals surface area contributed by atoms with E-state index in [0.29, 0.717) is 12.5 Å². The third kappa shape index (κ3) is 5.46. The van der Waals surface area contributed by atoms with Gasteiger partial charge in [0.2, 0.25) is 0 Å². The number of ether oxygens (including phenoxy) is 2. The molecular weight excluding hydrogens is 266 g/mol. The fraction of sp³-hybridized carbons (Fsp3) is 0.765. The van der Waals surface area contributed by atoms with Crippen LogP contribution in [0.1, 0.15) is 51.9 Å². The standard InChI is InChI=1S/C17H29NO3/c1-12(2)9-18-10-15-5-6-19-17(15)11-20-16-7-13(3)21-14(4)8-16/h5-6,12-14,16,18H,7-11H2,1-4H3. The Bertz CT molecular complexity index is 406. The molecule has 1 aliphatic heterocycles. The molecule has 0 saturated carbocycles. The van der Waals surface area contributed by atoms with Crippen LogP contribution in [0.15, 0.2) is 16.7 Å². The van der Waals surface area contributed by atoms with Crippen molar-refractivity contribution in [2.75, 3.05) is 6.54 Å². The van der Waals surface area contributed by atoms with Crippen LogP contribution in [-0.4, -0.2) is 24.9 Å². The van der Waals surface area contributed by atoms with Crippen LogP contribution in [0.5, 0.6) is 0 Å². The first-order valence-electron chi connectivity index (χ1n) is 8.07. The van der Waals surface area contributed by atoms with E-state index in [-0.39, 0.29) is 18.3 Å². The van der Waals surface area contributed by atoms with Crippen LogP contribution < -0.4 is 5.32 Å². The van der Waals surface area contributed by atoms with Gasteiger partial charge in [-0.1, -0.05) is 13.8 Å². The van der Waals surface area contributed by atoms with Crippen molar-refractivity contribution in [1.29, 1.82) is 0 Å². The predicted molar refractivity (Wildman–Crippen MR) is 83.1 cm³/mol. The normalized spacial score (nSPS) is 26.4. The molecule has 1 aliphatic rings. The second kappa shape index (κ2) is 7.97. The van der Waals surface area contributed by atoms with Gasteiger partial charge in [0.25, 0.3) is 0 Å². The molecule has 0 aromatic carbocycles. The molecule has 2 heterocycles. The fourth-order valence-corrected chi connectivity index (χ4v) is 2.82. The topological polar surface area (TPSA) is 43.6 Å². The molecule has 1 aromatic heterocycles. The van der Waals surface area contributed by atoms with E-state index in [1.807, 2.05) is 6.07 Å². The van der Waals surface area contributed by atoms with Crippen molar-refractivity contribution in [3.63, 3.8) is 0 Å². The van der Waals surface area contributed by atoms with Gasteiger partial charge in [-0.25, -0.2) is 0 Å². The Morgan fingerprint density at radius 1 is 1.29 bits per heavy atom. The summed E-state index contributed by atoms with van der Waals surface area (Å²) in [4.78, 5) is 0. The summed E-state index contributed by atoms with van der Waals surface area (Å²) >= 11 is 0. The molecule has 1 saturated heterocycles. The monoisotopic (exact) mass is 295 g/mol. The predicted octanol–water partition coefficient (Wildman–Crippen LogP) is 3.50. The third-order valence-electron chi connectivity index (χ3n) is 3.81. The van der Waals surface area contributed by atoms with E-state index in [2.05, 4.69) is 33.0 Å². The van der Waals surface area contributed by atoms with Crippen LogP contribution in [0.2, 0.25) is 0 Å². The lowest BCUT2D eigenvalue weighted by Crippen LogP contribution is -2.34. The highest BCUT2D eigenvalue weighted by molar-refractivity contribution is 5.16. The van der Waals surface area contributed by atoms with Crippen molar-refractivity contribution in [2.24, 2.45) is 5.92 Å². The van der Waals surface area contributed by atoms with Gasteiger partial charge in [0.1, 0.15) is 12.4 Å². The summed E-state index contributed by atoms with van der Waals surface area (Å²) in [6, 6.07) is 2.03. The number of hydrogen-bond acceptors (Lipinski definition) is 4. The van der Waals surface area contributed by atoms with Gasteiger partial charge in [-0.15, -0.1) is 0 Å². The molecule has 0 bridgehead atoms. The Kier molecular flexibility index (Phi) is 6.27. The van der Waals surface area contributed by atoms with Gasteiger partial charge in [0.15, 0.2) is 0 Å². The van der Waals surface area contributed by atoms with E-state index >= 15 is 0 Å². The number of rotatable bonds is 7. The number of hydrogen-bond donors (Lipinski definition) is 1. The van der Waals surface area contributed by atoms with Crippen molar-refractivity contribution < 1.29 is 13.9 Å². The van der Waals surface area contributed by atoms with Gasteiger partial charge in [-0.3, -0.25) is 0 Å². The molecule has 4 heteroatoms. The van der Waals surface area contributed by atoms with E-state index in [0.717, 1.165) is 31.7 Å². The highest BCUT2D eigenvalue weighted by atomic mass is 16.5. The molecule has 0 amide bonds. The van der Waals surface area contributed by atoms with Crippen molar-refractivity contribution >= 4 is 0 Å². The van der Waals surface area contributed by atoms with Crippen LogP contribution in [0.25, 0.3) is 0 Å². The summed E-state index contributed by atoms with van der Waals surface area (Å²) in [5.41, 5.74) is 1.20. The van der Waals surface area contributed by atoms with Gasteiger partial charge in [-0.2, -0.15) is 0 Å². The van der Waals surface area contributed by atoms with E-state index in [1.54, 1.807) is 6.26 Å². The molecule has 21 heavy (non-hydrogen) atoms. The smallest absolute Gasteiger partial charge is 0.133 e. The number of furan rings is 1. The molecule has 2 atom stereocenters. The first-order valence-corrected chi connectivity index (χ1v) is 8.07. The van der Waals surface area contributed by atoms with Gasteiger partial charge in [0.05, 0.1) is 24.6 Å². The zero-order valence-corrected chi connectivity index (χ0v) is 13.7. The largest absolute Gasteiger partial charge is 0.467 e. The summed E-state index contributed by atoms with van der Waals surface area (Å²) in [6.45, 7) is 11.0. The second-order valence-electron chi connectivity index (χ2n) is 6.56. The Morgan fingerprint density at radius 2 is 2.00 bits per heavy atom. The van der Waals surface area contributed by atoms with Gasteiger partial charge >= 0.3 is 0 Å². The van der Waals surface area contributed by atoms with Crippen LogP contribution in [0, 0.1) is 5.92 Å². The molecule has 1 fully saturated rings. The molecule has 0 radical (unpaired) electrons.